The minimum atomic E-state index is 0.560. The van der Waals surface area contributed by atoms with Gasteiger partial charge in [-0.3, -0.25) is 0 Å². The summed E-state index contributed by atoms with van der Waals surface area (Å²) in [6.07, 6.45) is 4.26. The molecule has 0 N–H and O–H groups in total. The van der Waals surface area contributed by atoms with Crippen LogP contribution < -0.4 is 14.4 Å². The van der Waals surface area contributed by atoms with Crippen LogP contribution in [0, 0.1) is 0 Å². The zero-order valence-corrected chi connectivity index (χ0v) is 13.2. The van der Waals surface area contributed by atoms with E-state index in [1.807, 2.05) is 37.5 Å². The fourth-order valence-electron chi connectivity index (χ4n) is 2.43. The number of hydrogen-bond donors (Lipinski definition) is 0. The molecule has 1 aromatic carbocycles. The molecule has 1 heterocycles. The number of methoxy groups -OCH3 is 2. The smallest absolute Gasteiger partial charge is 0.133 e. The van der Waals surface area contributed by atoms with Gasteiger partial charge < -0.3 is 14.4 Å². The van der Waals surface area contributed by atoms with E-state index in [0.717, 1.165) is 35.2 Å². The summed E-state index contributed by atoms with van der Waals surface area (Å²) in [6, 6.07) is 7.85. The number of anilines is 1. The molecule has 2 aromatic rings. The van der Waals surface area contributed by atoms with Crippen molar-refractivity contribution in [3.05, 3.63) is 41.9 Å². The van der Waals surface area contributed by atoms with Gasteiger partial charge in [-0.15, -0.1) is 0 Å². The maximum Gasteiger partial charge on any atom is 0.133 e. The average molecular weight is 299 g/mol. The molecule has 1 fully saturated rings. The van der Waals surface area contributed by atoms with Crippen molar-refractivity contribution in [1.29, 1.82) is 0 Å². The fourth-order valence-corrected chi connectivity index (χ4v) is 2.43. The van der Waals surface area contributed by atoms with Crippen molar-refractivity contribution in [3.8, 4) is 11.5 Å². The van der Waals surface area contributed by atoms with Crippen LogP contribution in [0.25, 0.3) is 0 Å². The second-order valence-electron chi connectivity index (χ2n) is 5.62. The molecule has 0 bridgehead atoms. The van der Waals surface area contributed by atoms with Crippen LogP contribution >= 0.6 is 0 Å². The van der Waals surface area contributed by atoms with Gasteiger partial charge in [0.1, 0.15) is 23.1 Å². The average Bonchev–Trinajstić information content (AvgIpc) is 3.39. The Balaban J connectivity index is 1.78. The van der Waals surface area contributed by atoms with Gasteiger partial charge in [-0.05, 0) is 36.6 Å². The zero-order chi connectivity index (χ0) is 15.5. The summed E-state index contributed by atoms with van der Waals surface area (Å²) in [7, 11) is 5.36. The highest BCUT2D eigenvalue weighted by Crippen LogP contribution is 2.38. The van der Waals surface area contributed by atoms with Crippen LogP contribution in [0.2, 0.25) is 0 Å². The molecule has 0 radical (unpaired) electrons. The van der Waals surface area contributed by atoms with Crippen LogP contribution in [-0.4, -0.2) is 31.2 Å². The molecule has 0 atom stereocenters. The number of hydrogen-bond acceptors (Lipinski definition) is 5. The van der Waals surface area contributed by atoms with Crippen molar-refractivity contribution in [3.63, 3.8) is 0 Å². The van der Waals surface area contributed by atoms with E-state index in [2.05, 4.69) is 14.9 Å². The highest BCUT2D eigenvalue weighted by atomic mass is 16.5. The molecule has 116 valence electrons. The first-order valence-electron chi connectivity index (χ1n) is 7.45. The minimum absolute atomic E-state index is 0.560. The van der Waals surface area contributed by atoms with Crippen LogP contribution in [-0.2, 0) is 6.54 Å². The second-order valence-corrected chi connectivity index (χ2v) is 5.62. The molecule has 0 saturated heterocycles. The van der Waals surface area contributed by atoms with E-state index >= 15 is 0 Å². The Labute approximate surface area is 130 Å². The van der Waals surface area contributed by atoms with Crippen molar-refractivity contribution in [2.75, 3.05) is 26.2 Å². The SMILES string of the molecule is COc1cc(CN(C)c2ccnc(C3CC3)n2)cc(OC)c1. The monoisotopic (exact) mass is 299 g/mol. The predicted octanol–water partition coefficient (Wildman–Crippen LogP) is 3.01. The molecule has 5 heteroatoms. The number of rotatable bonds is 6. The van der Waals surface area contributed by atoms with Gasteiger partial charge in [-0.1, -0.05) is 0 Å². The molecule has 22 heavy (non-hydrogen) atoms. The third kappa shape index (κ3) is 3.30. The summed E-state index contributed by atoms with van der Waals surface area (Å²) in [5.74, 6) is 4.06. The third-order valence-electron chi connectivity index (χ3n) is 3.82. The molecule has 1 saturated carbocycles. The van der Waals surface area contributed by atoms with Gasteiger partial charge in [0, 0.05) is 31.8 Å². The lowest BCUT2D eigenvalue weighted by Gasteiger charge is -2.19. The largest absolute Gasteiger partial charge is 0.497 e. The van der Waals surface area contributed by atoms with Crippen LogP contribution in [0.4, 0.5) is 5.82 Å². The van der Waals surface area contributed by atoms with E-state index in [1.165, 1.54) is 12.8 Å². The molecule has 3 rings (SSSR count). The van der Waals surface area contributed by atoms with Gasteiger partial charge in [-0.2, -0.15) is 0 Å². The summed E-state index contributed by atoms with van der Waals surface area (Å²) in [5.41, 5.74) is 1.12. The summed E-state index contributed by atoms with van der Waals surface area (Å²) >= 11 is 0. The van der Waals surface area contributed by atoms with Gasteiger partial charge >= 0.3 is 0 Å². The standard InChI is InChI=1S/C17H21N3O2/c1-20(16-6-7-18-17(19-16)13-4-5-13)11-12-8-14(21-2)10-15(9-12)22-3/h6-10,13H,4-5,11H2,1-3H3. The van der Waals surface area contributed by atoms with Crippen LogP contribution in [0.3, 0.4) is 0 Å². The van der Waals surface area contributed by atoms with Crippen LogP contribution in [0.15, 0.2) is 30.5 Å². The number of benzene rings is 1. The first-order chi connectivity index (χ1) is 10.7. The maximum absolute atomic E-state index is 5.32. The van der Waals surface area contributed by atoms with E-state index in [1.54, 1.807) is 14.2 Å². The Morgan fingerprint density at radius 2 is 1.82 bits per heavy atom. The van der Waals surface area contributed by atoms with Gasteiger partial charge in [0.2, 0.25) is 0 Å². The number of aromatic nitrogens is 2. The van der Waals surface area contributed by atoms with E-state index in [4.69, 9.17) is 9.47 Å². The Bertz CT molecular complexity index is 634. The van der Waals surface area contributed by atoms with Gasteiger partial charge in [0.25, 0.3) is 0 Å². The Morgan fingerprint density at radius 3 is 2.41 bits per heavy atom. The molecule has 1 aliphatic rings. The lowest BCUT2D eigenvalue weighted by atomic mass is 10.2. The van der Waals surface area contributed by atoms with Crippen LogP contribution in [0.5, 0.6) is 11.5 Å². The van der Waals surface area contributed by atoms with E-state index in [0.29, 0.717) is 5.92 Å². The highest BCUT2D eigenvalue weighted by Gasteiger charge is 2.26. The number of nitrogens with zero attached hydrogens (tertiary/aromatic N) is 3. The second kappa shape index (κ2) is 6.22. The van der Waals surface area contributed by atoms with Crippen molar-refractivity contribution in [2.24, 2.45) is 0 Å². The van der Waals surface area contributed by atoms with Crippen molar-refractivity contribution < 1.29 is 9.47 Å². The first-order valence-corrected chi connectivity index (χ1v) is 7.45. The van der Waals surface area contributed by atoms with E-state index in [-0.39, 0.29) is 0 Å². The first kappa shape index (κ1) is 14.6. The molecule has 0 amide bonds. The predicted molar refractivity (Wildman–Crippen MR) is 85.7 cm³/mol. The van der Waals surface area contributed by atoms with Gasteiger partial charge in [-0.25, -0.2) is 9.97 Å². The highest BCUT2D eigenvalue weighted by molar-refractivity contribution is 5.43. The van der Waals surface area contributed by atoms with Gasteiger partial charge in [0.15, 0.2) is 0 Å². The molecule has 0 spiro atoms. The van der Waals surface area contributed by atoms with Crippen LogP contribution in [0.1, 0.15) is 30.1 Å². The summed E-state index contributed by atoms with van der Waals surface area (Å²) in [6.45, 7) is 0.731. The van der Waals surface area contributed by atoms with Crippen molar-refractivity contribution in [1.82, 2.24) is 9.97 Å². The summed E-state index contributed by atoms with van der Waals surface area (Å²) < 4.78 is 10.6. The number of ether oxygens (including phenoxy) is 2. The fraction of sp³-hybridized carbons (Fsp3) is 0.412. The lowest BCUT2D eigenvalue weighted by Crippen LogP contribution is -2.18. The Hall–Kier alpha value is -2.30. The summed E-state index contributed by atoms with van der Waals surface area (Å²) in [5, 5.41) is 0. The molecular weight excluding hydrogens is 278 g/mol. The molecule has 1 aliphatic carbocycles. The Kier molecular flexibility index (Phi) is 4.13. The quantitative estimate of drug-likeness (QED) is 0.820. The molecule has 0 aliphatic heterocycles. The van der Waals surface area contributed by atoms with E-state index in [9.17, 15) is 0 Å². The van der Waals surface area contributed by atoms with Gasteiger partial charge in [0.05, 0.1) is 14.2 Å². The van der Waals surface area contributed by atoms with E-state index < -0.39 is 0 Å². The minimum Gasteiger partial charge on any atom is -0.497 e. The molecular formula is C17H21N3O2. The third-order valence-corrected chi connectivity index (χ3v) is 3.82. The Morgan fingerprint density at radius 1 is 1.14 bits per heavy atom. The zero-order valence-electron chi connectivity index (χ0n) is 13.2. The maximum atomic E-state index is 5.32. The van der Waals surface area contributed by atoms with Crippen molar-refractivity contribution in [2.45, 2.75) is 25.3 Å². The summed E-state index contributed by atoms with van der Waals surface area (Å²) in [4.78, 5) is 11.1. The molecule has 5 nitrogen and oxygen atoms in total. The lowest BCUT2D eigenvalue weighted by molar-refractivity contribution is 0.393. The van der Waals surface area contributed by atoms with Crippen molar-refractivity contribution >= 4 is 5.82 Å². The topological polar surface area (TPSA) is 47.5 Å². The normalized spacial score (nSPS) is 13.8. The molecule has 0 unspecified atom stereocenters. The molecule has 1 aromatic heterocycles.